The minimum atomic E-state index is -0.171. The van der Waals surface area contributed by atoms with Crippen molar-refractivity contribution in [2.75, 3.05) is 20.1 Å². The fourth-order valence-corrected chi connectivity index (χ4v) is 2.59. The molecule has 1 aliphatic heterocycles. The van der Waals surface area contributed by atoms with Gasteiger partial charge >= 0.3 is 0 Å². The summed E-state index contributed by atoms with van der Waals surface area (Å²) in [7, 11) is 2.05. The molecule has 2 nitrogen and oxygen atoms in total. The van der Waals surface area contributed by atoms with E-state index in [-0.39, 0.29) is 5.82 Å². The van der Waals surface area contributed by atoms with Crippen molar-refractivity contribution in [3.63, 3.8) is 0 Å². The van der Waals surface area contributed by atoms with Gasteiger partial charge < -0.3 is 5.32 Å². The van der Waals surface area contributed by atoms with E-state index in [1.165, 1.54) is 37.2 Å². The molecule has 1 fully saturated rings. The topological polar surface area (TPSA) is 15.3 Å². The van der Waals surface area contributed by atoms with E-state index in [9.17, 15) is 4.39 Å². The Labute approximate surface area is 133 Å². The molecule has 0 spiro atoms. The average molecular weight is 300 g/mol. The first kappa shape index (κ1) is 16.7. The number of benzene rings is 2. The Morgan fingerprint density at radius 1 is 1.09 bits per heavy atom. The van der Waals surface area contributed by atoms with Gasteiger partial charge in [-0.3, -0.25) is 4.90 Å². The lowest BCUT2D eigenvalue weighted by atomic mass is 10.2. The Hall–Kier alpha value is -1.71. The molecule has 1 aliphatic rings. The molecule has 2 aromatic carbocycles. The van der Waals surface area contributed by atoms with Gasteiger partial charge in [-0.1, -0.05) is 48.0 Å². The van der Waals surface area contributed by atoms with Gasteiger partial charge in [0.15, 0.2) is 0 Å². The van der Waals surface area contributed by atoms with Crippen molar-refractivity contribution < 1.29 is 4.39 Å². The fourth-order valence-electron chi connectivity index (χ4n) is 2.59. The molecule has 0 aromatic heterocycles. The maximum Gasteiger partial charge on any atom is 0.123 e. The van der Waals surface area contributed by atoms with Gasteiger partial charge in [0.05, 0.1) is 0 Å². The third-order valence-corrected chi connectivity index (χ3v) is 3.94. The molecule has 1 heterocycles. The average Bonchev–Trinajstić information content (AvgIpc) is 2.99. The van der Waals surface area contributed by atoms with Crippen molar-refractivity contribution in [1.29, 1.82) is 0 Å². The second-order valence-corrected chi connectivity index (χ2v) is 5.79. The van der Waals surface area contributed by atoms with E-state index in [2.05, 4.69) is 47.6 Å². The fraction of sp³-hybridized carbons (Fsp3) is 0.368. The van der Waals surface area contributed by atoms with E-state index in [1.807, 2.05) is 6.92 Å². The minimum Gasteiger partial charge on any atom is -0.316 e. The van der Waals surface area contributed by atoms with Crippen LogP contribution < -0.4 is 5.32 Å². The molecule has 118 valence electrons. The lowest BCUT2D eigenvalue weighted by molar-refractivity contribution is 0.322. The van der Waals surface area contributed by atoms with Crippen LogP contribution in [0.2, 0.25) is 0 Å². The van der Waals surface area contributed by atoms with Crippen LogP contribution in [0.15, 0.2) is 54.6 Å². The quantitative estimate of drug-likeness (QED) is 0.931. The van der Waals surface area contributed by atoms with Crippen LogP contribution in [-0.4, -0.2) is 31.1 Å². The highest BCUT2D eigenvalue weighted by molar-refractivity contribution is 5.15. The maximum atomic E-state index is 12.1. The summed E-state index contributed by atoms with van der Waals surface area (Å²) in [5, 5.41) is 3.34. The van der Waals surface area contributed by atoms with Crippen molar-refractivity contribution >= 4 is 0 Å². The Bertz CT molecular complexity index is 518. The summed E-state index contributed by atoms with van der Waals surface area (Å²) < 4.78 is 12.1. The Kier molecular flexibility index (Phi) is 6.56. The molecule has 3 heteroatoms. The van der Waals surface area contributed by atoms with Crippen LogP contribution >= 0.6 is 0 Å². The Morgan fingerprint density at radius 3 is 2.32 bits per heavy atom. The molecule has 0 aliphatic carbocycles. The van der Waals surface area contributed by atoms with E-state index >= 15 is 0 Å². The van der Waals surface area contributed by atoms with Gasteiger partial charge in [0, 0.05) is 25.7 Å². The summed E-state index contributed by atoms with van der Waals surface area (Å²) in [6.07, 6.45) is 1.28. The zero-order valence-electron chi connectivity index (χ0n) is 13.4. The molecule has 1 saturated heterocycles. The lowest BCUT2D eigenvalue weighted by Gasteiger charge is -2.15. The number of rotatable bonds is 3. The summed E-state index contributed by atoms with van der Waals surface area (Å²) in [5.74, 6) is -0.171. The number of halogens is 1. The molecule has 0 bridgehead atoms. The van der Waals surface area contributed by atoms with E-state index in [1.54, 1.807) is 12.1 Å². The SMILES string of the molecule is CNC1CCN(Cc2ccccc2)C1.Cc1ccc(F)cc1. The minimum absolute atomic E-state index is 0.171. The molecule has 0 radical (unpaired) electrons. The number of likely N-dealkylation sites (N-methyl/N-ethyl adjacent to an activating group) is 1. The van der Waals surface area contributed by atoms with Gasteiger partial charge in [-0.25, -0.2) is 4.39 Å². The van der Waals surface area contributed by atoms with Crippen LogP contribution in [-0.2, 0) is 6.54 Å². The molecule has 0 amide bonds. The molecule has 1 unspecified atom stereocenters. The number of hydrogen-bond acceptors (Lipinski definition) is 2. The summed E-state index contributed by atoms with van der Waals surface area (Å²) >= 11 is 0. The van der Waals surface area contributed by atoms with E-state index in [0.717, 1.165) is 12.1 Å². The summed E-state index contributed by atoms with van der Waals surface area (Å²) in [4.78, 5) is 2.51. The van der Waals surface area contributed by atoms with E-state index in [0.29, 0.717) is 6.04 Å². The predicted molar refractivity (Wildman–Crippen MR) is 90.3 cm³/mol. The van der Waals surface area contributed by atoms with Crippen LogP contribution in [0.3, 0.4) is 0 Å². The second-order valence-electron chi connectivity index (χ2n) is 5.79. The van der Waals surface area contributed by atoms with Gasteiger partial charge in [0.2, 0.25) is 0 Å². The standard InChI is InChI=1S/C12H18N2.C7H7F/c1-13-12-7-8-14(10-12)9-11-5-3-2-4-6-11;1-6-2-4-7(8)5-3-6/h2-6,12-13H,7-10H2,1H3;2-5H,1H3. The highest BCUT2D eigenvalue weighted by Crippen LogP contribution is 2.12. The molecular weight excluding hydrogens is 275 g/mol. The predicted octanol–water partition coefficient (Wildman–Crippen LogP) is 3.61. The van der Waals surface area contributed by atoms with Crippen molar-refractivity contribution in [2.24, 2.45) is 0 Å². The first-order valence-electron chi connectivity index (χ1n) is 7.83. The molecule has 22 heavy (non-hydrogen) atoms. The van der Waals surface area contributed by atoms with Crippen LogP contribution in [0.4, 0.5) is 4.39 Å². The summed E-state index contributed by atoms with van der Waals surface area (Å²) in [6.45, 7) is 5.43. The smallest absolute Gasteiger partial charge is 0.123 e. The Morgan fingerprint density at radius 2 is 1.77 bits per heavy atom. The highest BCUT2D eigenvalue weighted by Gasteiger charge is 2.20. The molecule has 1 N–H and O–H groups in total. The van der Waals surface area contributed by atoms with E-state index < -0.39 is 0 Å². The monoisotopic (exact) mass is 300 g/mol. The molecular formula is C19H25FN2. The van der Waals surface area contributed by atoms with Gasteiger partial charge in [-0.2, -0.15) is 0 Å². The molecule has 1 atom stereocenters. The molecule has 3 rings (SSSR count). The number of aryl methyl sites for hydroxylation is 1. The number of nitrogens with zero attached hydrogens (tertiary/aromatic N) is 1. The largest absolute Gasteiger partial charge is 0.316 e. The normalized spacial score (nSPS) is 17.9. The van der Waals surface area contributed by atoms with Crippen molar-refractivity contribution in [3.05, 3.63) is 71.5 Å². The third kappa shape index (κ3) is 5.58. The lowest BCUT2D eigenvalue weighted by Crippen LogP contribution is -2.29. The van der Waals surface area contributed by atoms with Crippen LogP contribution in [0.1, 0.15) is 17.5 Å². The van der Waals surface area contributed by atoms with Crippen LogP contribution in [0, 0.1) is 12.7 Å². The van der Waals surface area contributed by atoms with Gasteiger partial charge in [-0.05, 0) is 38.1 Å². The van der Waals surface area contributed by atoms with Gasteiger partial charge in [-0.15, -0.1) is 0 Å². The van der Waals surface area contributed by atoms with E-state index in [4.69, 9.17) is 0 Å². The first-order chi connectivity index (χ1) is 10.7. The van der Waals surface area contributed by atoms with Crippen molar-refractivity contribution in [2.45, 2.75) is 25.9 Å². The first-order valence-corrected chi connectivity index (χ1v) is 7.83. The molecule has 0 saturated carbocycles. The van der Waals surface area contributed by atoms with Crippen LogP contribution in [0.5, 0.6) is 0 Å². The zero-order valence-corrected chi connectivity index (χ0v) is 13.4. The van der Waals surface area contributed by atoms with Crippen molar-refractivity contribution in [3.8, 4) is 0 Å². The number of hydrogen-bond donors (Lipinski definition) is 1. The number of nitrogens with one attached hydrogen (secondary N) is 1. The second kappa shape index (κ2) is 8.66. The summed E-state index contributed by atoms with van der Waals surface area (Å²) in [5.41, 5.74) is 2.51. The number of likely N-dealkylation sites (tertiary alicyclic amines) is 1. The summed E-state index contributed by atoms with van der Waals surface area (Å²) in [6, 6.07) is 17.8. The van der Waals surface area contributed by atoms with Crippen LogP contribution in [0.25, 0.3) is 0 Å². The maximum absolute atomic E-state index is 12.1. The third-order valence-electron chi connectivity index (χ3n) is 3.94. The van der Waals surface area contributed by atoms with Crippen molar-refractivity contribution in [1.82, 2.24) is 10.2 Å². The Balaban J connectivity index is 0.000000188. The zero-order chi connectivity index (χ0) is 15.8. The van der Waals surface area contributed by atoms with Gasteiger partial charge in [0.25, 0.3) is 0 Å². The van der Waals surface area contributed by atoms with Gasteiger partial charge in [0.1, 0.15) is 5.82 Å². The molecule has 2 aromatic rings. The highest BCUT2D eigenvalue weighted by atomic mass is 19.1.